The van der Waals surface area contributed by atoms with E-state index in [9.17, 15) is 19.7 Å². The zero-order chi connectivity index (χ0) is 14.7. The van der Waals surface area contributed by atoms with Gasteiger partial charge in [0.25, 0.3) is 0 Å². The molecule has 20 heavy (non-hydrogen) atoms. The van der Waals surface area contributed by atoms with Gasteiger partial charge in [0, 0.05) is 0 Å². The maximum atomic E-state index is 11.6. The Morgan fingerprint density at radius 3 is 2.70 bits per heavy atom. The lowest BCUT2D eigenvalue weighted by molar-refractivity contribution is -0.386. The van der Waals surface area contributed by atoms with Crippen molar-refractivity contribution in [1.29, 1.82) is 5.26 Å². The molecule has 0 atom stereocenters. The van der Waals surface area contributed by atoms with E-state index in [1.807, 2.05) is 11.1 Å². The van der Waals surface area contributed by atoms with Crippen LogP contribution in [0.1, 0.15) is 11.1 Å². The quantitative estimate of drug-likeness (QED) is 0.638. The summed E-state index contributed by atoms with van der Waals surface area (Å²) in [6.45, 7) is -0.0415. The molecule has 0 radical (unpaired) electrons. The molecular weight excluding hydrogens is 264 g/mol. The van der Waals surface area contributed by atoms with E-state index in [1.54, 1.807) is 24.3 Å². The molecule has 0 aliphatic rings. The Bertz CT molecular complexity index is 828. The highest BCUT2D eigenvalue weighted by Crippen LogP contribution is 2.09. The van der Waals surface area contributed by atoms with Crippen LogP contribution in [0.25, 0.3) is 0 Å². The van der Waals surface area contributed by atoms with E-state index in [2.05, 4.69) is 0 Å². The fraction of sp³-hybridized carbons (Fsp3) is 0.0833. The first-order chi connectivity index (χ1) is 9.52. The number of aromatic amines is 1. The molecule has 8 heteroatoms. The van der Waals surface area contributed by atoms with Crippen molar-refractivity contribution in [2.24, 2.45) is 0 Å². The van der Waals surface area contributed by atoms with Gasteiger partial charge in [0.2, 0.25) is 0 Å². The maximum Gasteiger partial charge on any atom is 0.350 e. The predicted octanol–water partition coefficient (Wildman–Crippen LogP) is 0.365. The lowest BCUT2D eigenvalue weighted by Crippen LogP contribution is -2.31. The highest BCUT2D eigenvalue weighted by Gasteiger charge is 2.15. The van der Waals surface area contributed by atoms with E-state index in [1.165, 1.54) is 0 Å². The summed E-state index contributed by atoms with van der Waals surface area (Å²) in [6, 6.07) is 8.51. The summed E-state index contributed by atoms with van der Waals surface area (Å²) >= 11 is 0. The minimum atomic E-state index is -1.05. The third-order valence-electron chi connectivity index (χ3n) is 2.67. The topological polar surface area (TPSA) is 122 Å². The molecule has 0 aliphatic carbocycles. The van der Waals surface area contributed by atoms with Gasteiger partial charge in [-0.1, -0.05) is 18.2 Å². The smallest absolute Gasteiger partial charge is 0.289 e. The van der Waals surface area contributed by atoms with Crippen LogP contribution in [0.15, 0.2) is 40.1 Å². The molecule has 0 saturated carbocycles. The lowest BCUT2D eigenvalue weighted by atomic mass is 10.1. The molecule has 8 nitrogen and oxygen atoms in total. The number of hydrogen-bond donors (Lipinski definition) is 1. The maximum absolute atomic E-state index is 11.6. The molecule has 0 unspecified atom stereocenters. The fourth-order valence-corrected chi connectivity index (χ4v) is 1.70. The van der Waals surface area contributed by atoms with Crippen LogP contribution in [0.4, 0.5) is 5.69 Å². The van der Waals surface area contributed by atoms with E-state index < -0.39 is 21.9 Å². The van der Waals surface area contributed by atoms with Crippen LogP contribution in [0.2, 0.25) is 0 Å². The Labute approximate surface area is 111 Å². The Balaban J connectivity index is 2.52. The van der Waals surface area contributed by atoms with E-state index in [0.717, 1.165) is 10.8 Å². The fourth-order valence-electron chi connectivity index (χ4n) is 1.70. The number of H-pyrrole nitrogens is 1. The zero-order valence-electron chi connectivity index (χ0n) is 10.1. The lowest BCUT2D eigenvalue weighted by Gasteiger charge is -2.06. The molecule has 0 bridgehead atoms. The molecule has 0 saturated heterocycles. The highest BCUT2D eigenvalue weighted by molar-refractivity contribution is 5.37. The van der Waals surface area contributed by atoms with E-state index in [-0.39, 0.29) is 6.54 Å². The minimum absolute atomic E-state index is 0.0415. The molecule has 0 aliphatic heterocycles. The first-order valence-electron chi connectivity index (χ1n) is 5.49. The summed E-state index contributed by atoms with van der Waals surface area (Å²) in [5.74, 6) is 0. The first-order valence-corrected chi connectivity index (χ1v) is 5.49. The molecule has 2 aromatic rings. The van der Waals surface area contributed by atoms with Crippen LogP contribution < -0.4 is 11.2 Å². The Morgan fingerprint density at radius 1 is 1.35 bits per heavy atom. The molecule has 2 rings (SSSR count). The average Bonchev–Trinajstić information content (AvgIpc) is 2.42. The standard InChI is InChI=1S/C12H8N4O4/c13-5-8-3-1-2-4-9(8)6-15-7-10(16(19)20)11(17)14-12(15)18/h1-4,7H,6H2,(H,14,17,18). The number of nitro groups is 1. The van der Waals surface area contributed by atoms with Gasteiger partial charge < -0.3 is 0 Å². The van der Waals surface area contributed by atoms with E-state index >= 15 is 0 Å². The SMILES string of the molecule is N#Cc1ccccc1Cn1cc([N+](=O)[O-])c(=O)[nH]c1=O. The van der Waals surface area contributed by atoms with Gasteiger partial charge in [-0.05, 0) is 11.6 Å². The van der Waals surface area contributed by atoms with Crippen molar-refractivity contribution in [3.8, 4) is 6.07 Å². The highest BCUT2D eigenvalue weighted by atomic mass is 16.6. The second-order valence-electron chi connectivity index (χ2n) is 3.93. The number of hydrogen-bond acceptors (Lipinski definition) is 5. The summed E-state index contributed by atoms with van der Waals surface area (Å²) in [6.07, 6.45) is 0.870. The van der Waals surface area contributed by atoms with Gasteiger partial charge in [0.1, 0.15) is 0 Å². The summed E-state index contributed by atoms with van der Waals surface area (Å²) in [5, 5.41) is 19.6. The van der Waals surface area contributed by atoms with Crippen LogP contribution in [0, 0.1) is 21.4 Å². The van der Waals surface area contributed by atoms with Crippen LogP contribution in [-0.4, -0.2) is 14.5 Å². The number of aromatic nitrogens is 2. The monoisotopic (exact) mass is 272 g/mol. The van der Waals surface area contributed by atoms with Gasteiger partial charge in [-0.3, -0.25) is 24.5 Å². The normalized spacial score (nSPS) is 9.95. The van der Waals surface area contributed by atoms with Crippen molar-refractivity contribution < 1.29 is 4.92 Å². The van der Waals surface area contributed by atoms with E-state index in [4.69, 9.17) is 5.26 Å². The molecule has 1 heterocycles. The van der Waals surface area contributed by atoms with Crippen LogP contribution in [0.3, 0.4) is 0 Å². The molecule has 1 aromatic heterocycles. The molecule has 100 valence electrons. The van der Waals surface area contributed by atoms with Gasteiger partial charge in [0.15, 0.2) is 0 Å². The Morgan fingerprint density at radius 2 is 2.05 bits per heavy atom. The van der Waals surface area contributed by atoms with Gasteiger partial charge >= 0.3 is 16.9 Å². The van der Waals surface area contributed by atoms with E-state index in [0.29, 0.717) is 11.1 Å². The molecule has 0 amide bonds. The first kappa shape index (κ1) is 13.2. The van der Waals surface area contributed by atoms with Gasteiger partial charge in [-0.15, -0.1) is 0 Å². The third kappa shape index (κ3) is 2.46. The summed E-state index contributed by atoms with van der Waals surface area (Å²) in [4.78, 5) is 34.5. The summed E-state index contributed by atoms with van der Waals surface area (Å²) in [5.41, 5.74) is -1.66. The van der Waals surface area contributed by atoms with Gasteiger partial charge in [-0.2, -0.15) is 5.26 Å². The van der Waals surface area contributed by atoms with Crippen molar-refractivity contribution in [3.63, 3.8) is 0 Å². The number of benzene rings is 1. The second kappa shape index (κ2) is 5.19. The van der Waals surface area contributed by atoms with Crippen molar-refractivity contribution in [3.05, 3.63) is 72.5 Å². The number of nitriles is 1. The Hall–Kier alpha value is -3.21. The molecule has 0 fully saturated rings. The molecule has 1 N–H and O–H groups in total. The molecule has 1 aromatic carbocycles. The summed E-state index contributed by atoms with van der Waals surface area (Å²) in [7, 11) is 0. The zero-order valence-corrected chi connectivity index (χ0v) is 10.1. The van der Waals surface area contributed by atoms with Gasteiger partial charge in [-0.25, -0.2) is 4.79 Å². The largest absolute Gasteiger partial charge is 0.350 e. The van der Waals surface area contributed by atoms with Crippen LogP contribution >= 0.6 is 0 Å². The van der Waals surface area contributed by atoms with Crippen molar-refractivity contribution in [2.75, 3.05) is 0 Å². The second-order valence-corrected chi connectivity index (χ2v) is 3.93. The number of nitrogens with one attached hydrogen (secondary N) is 1. The molecule has 0 spiro atoms. The van der Waals surface area contributed by atoms with Crippen LogP contribution in [0.5, 0.6) is 0 Å². The predicted molar refractivity (Wildman–Crippen MR) is 68.2 cm³/mol. The number of nitrogens with zero attached hydrogens (tertiary/aromatic N) is 3. The van der Waals surface area contributed by atoms with Crippen LogP contribution in [-0.2, 0) is 6.54 Å². The minimum Gasteiger partial charge on any atom is -0.289 e. The van der Waals surface area contributed by atoms with Gasteiger partial charge in [0.05, 0.1) is 29.3 Å². The van der Waals surface area contributed by atoms with Crippen molar-refractivity contribution in [2.45, 2.75) is 6.54 Å². The average molecular weight is 272 g/mol. The van der Waals surface area contributed by atoms with Crippen molar-refractivity contribution >= 4 is 5.69 Å². The third-order valence-corrected chi connectivity index (χ3v) is 2.67. The Kier molecular flexibility index (Phi) is 3.43. The number of rotatable bonds is 3. The summed E-state index contributed by atoms with van der Waals surface area (Å²) < 4.78 is 0.982. The molecular formula is C12H8N4O4. The van der Waals surface area contributed by atoms with Crippen molar-refractivity contribution in [1.82, 2.24) is 9.55 Å².